The van der Waals surface area contributed by atoms with Crippen LogP contribution in [0.1, 0.15) is 16.7 Å². The van der Waals surface area contributed by atoms with Crippen molar-refractivity contribution in [2.45, 2.75) is 24.2 Å². The Morgan fingerprint density at radius 1 is 0.947 bits per heavy atom. The Balaban J connectivity index is 3.78. The minimum Gasteiger partial charge on any atom is -0.225 e. The molecule has 0 heterocycles. The van der Waals surface area contributed by atoms with E-state index in [1.807, 2.05) is 0 Å². The molecule has 0 saturated carbocycles. The monoisotopic (exact) mass is 307 g/mol. The number of rotatable bonds is 1. The molecule has 0 saturated heterocycles. The molecule has 2 N–H and O–H groups in total. The molecule has 1 rings (SSSR count). The quantitative estimate of drug-likeness (QED) is 0.811. The first kappa shape index (κ1) is 15.8. The van der Waals surface area contributed by atoms with E-state index >= 15 is 0 Å². The summed E-state index contributed by atoms with van der Waals surface area (Å²) in [5, 5.41) is 4.57. The van der Waals surface area contributed by atoms with Gasteiger partial charge < -0.3 is 0 Å². The normalized spacial score (nSPS) is 13.7. The zero-order valence-corrected chi connectivity index (χ0v) is 10.0. The molecule has 0 aliphatic rings. The van der Waals surface area contributed by atoms with Gasteiger partial charge in [-0.05, 0) is 24.6 Å². The smallest absolute Gasteiger partial charge is 0.225 e. The standard InChI is InChI=1S/C9H7F6NO2S/c1-4-6(8(10,11)12)2-5(19(16,17)18)3-7(4)9(13,14)15/h2-3H,1H3,(H2,16,17,18). The van der Waals surface area contributed by atoms with Crippen LogP contribution in [0.25, 0.3) is 0 Å². The van der Waals surface area contributed by atoms with Gasteiger partial charge in [0.25, 0.3) is 0 Å². The summed E-state index contributed by atoms with van der Waals surface area (Å²) in [5.41, 5.74) is -4.48. The van der Waals surface area contributed by atoms with Gasteiger partial charge >= 0.3 is 12.4 Å². The predicted octanol–water partition coefficient (Wildman–Crippen LogP) is 2.68. The van der Waals surface area contributed by atoms with Crippen LogP contribution < -0.4 is 5.14 Å². The molecular formula is C9H7F6NO2S. The summed E-state index contributed by atoms with van der Waals surface area (Å²) in [6.45, 7) is 0.610. The first-order valence-corrected chi connectivity index (χ1v) is 6.11. The second-order valence-corrected chi connectivity index (χ2v) is 5.25. The number of hydrogen-bond donors (Lipinski definition) is 1. The fourth-order valence-corrected chi connectivity index (χ4v) is 2.01. The van der Waals surface area contributed by atoms with Crippen molar-refractivity contribution in [2.24, 2.45) is 5.14 Å². The molecule has 3 nitrogen and oxygen atoms in total. The Morgan fingerprint density at radius 3 is 1.47 bits per heavy atom. The van der Waals surface area contributed by atoms with Crippen LogP contribution in [0.2, 0.25) is 0 Å². The highest BCUT2D eigenvalue weighted by molar-refractivity contribution is 7.89. The Morgan fingerprint density at radius 2 is 1.26 bits per heavy atom. The topological polar surface area (TPSA) is 60.2 Å². The maximum atomic E-state index is 12.6. The first-order chi connectivity index (χ1) is 8.24. The molecule has 0 amide bonds. The van der Waals surface area contributed by atoms with Crippen LogP contribution in [0.5, 0.6) is 0 Å². The third-order valence-electron chi connectivity index (χ3n) is 2.32. The third-order valence-corrected chi connectivity index (χ3v) is 3.21. The molecule has 0 radical (unpaired) electrons. The average molecular weight is 307 g/mol. The van der Waals surface area contributed by atoms with Crippen molar-refractivity contribution in [3.63, 3.8) is 0 Å². The lowest BCUT2D eigenvalue weighted by molar-refractivity contribution is -0.144. The number of sulfonamides is 1. The largest absolute Gasteiger partial charge is 0.416 e. The Hall–Kier alpha value is -1.29. The van der Waals surface area contributed by atoms with Gasteiger partial charge in [0.05, 0.1) is 16.0 Å². The van der Waals surface area contributed by atoms with E-state index in [0.717, 1.165) is 0 Å². The molecule has 0 aliphatic carbocycles. The third kappa shape index (κ3) is 3.38. The molecule has 0 fully saturated rings. The van der Waals surface area contributed by atoms with E-state index in [4.69, 9.17) is 0 Å². The lowest BCUT2D eigenvalue weighted by Crippen LogP contribution is -2.19. The zero-order chi connectivity index (χ0) is 15.2. The van der Waals surface area contributed by atoms with Crippen LogP contribution in [0.4, 0.5) is 26.3 Å². The van der Waals surface area contributed by atoms with Crippen molar-refractivity contribution in [3.05, 3.63) is 28.8 Å². The van der Waals surface area contributed by atoms with E-state index in [9.17, 15) is 34.8 Å². The first-order valence-electron chi connectivity index (χ1n) is 4.56. The van der Waals surface area contributed by atoms with Crippen LogP contribution in [0, 0.1) is 6.92 Å². The van der Waals surface area contributed by atoms with Gasteiger partial charge in [-0.25, -0.2) is 13.6 Å². The number of hydrogen-bond acceptors (Lipinski definition) is 2. The maximum absolute atomic E-state index is 12.6. The van der Waals surface area contributed by atoms with Gasteiger partial charge in [0.2, 0.25) is 10.0 Å². The van der Waals surface area contributed by atoms with Gasteiger partial charge in [-0.1, -0.05) is 0 Å². The number of benzene rings is 1. The fourth-order valence-electron chi connectivity index (χ4n) is 1.44. The SMILES string of the molecule is Cc1c(C(F)(F)F)cc(S(N)(=O)=O)cc1C(F)(F)F. The highest BCUT2D eigenvalue weighted by Gasteiger charge is 2.40. The van der Waals surface area contributed by atoms with Crippen molar-refractivity contribution in [2.75, 3.05) is 0 Å². The van der Waals surface area contributed by atoms with Gasteiger partial charge in [0, 0.05) is 0 Å². The van der Waals surface area contributed by atoms with E-state index in [0.29, 0.717) is 6.92 Å². The highest BCUT2D eigenvalue weighted by Crippen LogP contribution is 2.40. The summed E-state index contributed by atoms with van der Waals surface area (Å²) in [4.78, 5) is -1.24. The Kier molecular flexibility index (Phi) is 3.63. The van der Waals surface area contributed by atoms with Crippen LogP contribution in [-0.4, -0.2) is 8.42 Å². The summed E-state index contributed by atoms with van der Waals surface area (Å²) in [6, 6.07) is 0.166. The summed E-state index contributed by atoms with van der Waals surface area (Å²) in [7, 11) is -4.69. The molecule has 19 heavy (non-hydrogen) atoms. The molecule has 0 unspecified atom stereocenters. The van der Waals surface area contributed by atoms with Crippen LogP contribution >= 0.6 is 0 Å². The van der Waals surface area contributed by atoms with Gasteiger partial charge in [-0.15, -0.1) is 0 Å². The highest BCUT2D eigenvalue weighted by atomic mass is 32.2. The van der Waals surface area contributed by atoms with E-state index in [-0.39, 0.29) is 12.1 Å². The second-order valence-electron chi connectivity index (χ2n) is 3.68. The fraction of sp³-hybridized carbons (Fsp3) is 0.333. The lowest BCUT2D eigenvalue weighted by Gasteiger charge is -2.17. The number of primary sulfonamides is 1. The summed E-state index contributed by atoms with van der Waals surface area (Å²) in [5.74, 6) is 0. The Bertz CT molecular complexity index is 567. The summed E-state index contributed by atoms with van der Waals surface area (Å²) in [6.07, 6.45) is -10.2. The minimum absolute atomic E-state index is 0.0832. The summed E-state index contributed by atoms with van der Waals surface area (Å²) < 4.78 is 97.4. The second kappa shape index (κ2) is 4.37. The van der Waals surface area contributed by atoms with Gasteiger partial charge in [0.1, 0.15) is 0 Å². The molecule has 10 heteroatoms. The number of alkyl halides is 6. The van der Waals surface area contributed by atoms with Crippen molar-refractivity contribution < 1.29 is 34.8 Å². The molecule has 108 valence electrons. The van der Waals surface area contributed by atoms with Crippen LogP contribution in [0.15, 0.2) is 17.0 Å². The molecule has 0 bridgehead atoms. The molecule has 0 atom stereocenters. The van der Waals surface area contributed by atoms with E-state index in [2.05, 4.69) is 5.14 Å². The van der Waals surface area contributed by atoms with Gasteiger partial charge in [-0.2, -0.15) is 26.3 Å². The number of nitrogens with two attached hydrogens (primary N) is 1. The lowest BCUT2D eigenvalue weighted by atomic mass is 10.0. The summed E-state index contributed by atoms with van der Waals surface area (Å²) >= 11 is 0. The van der Waals surface area contributed by atoms with Crippen molar-refractivity contribution in [1.82, 2.24) is 0 Å². The number of halogens is 6. The van der Waals surface area contributed by atoms with Crippen molar-refractivity contribution in [1.29, 1.82) is 0 Å². The molecule has 0 aliphatic heterocycles. The van der Waals surface area contributed by atoms with E-state index < -0.39 is 44.0 Å². The van der Waals surface area contributed by atoms with E-state index in [1.54, 1.807) is 0 Å². The average Bonchev–Trinajstić information content (AvgIpc) is 2.11. The minimum atomic E-state index is -5.12. The Labute approximate surface area is 104 Å². The van der Waals surface area contributed by atoms with Gasteiger partial charge in [-0.3, -0.25) is 0 Å². The zero-order valence-electron chi connectivity index (χ0n) is 9.22. The van der Waals surface area contributed by atoms with Crippen molar-refractivity contribution in [3.8, 4) is 0 Å². The van der Waals surface area contributed by atoms with E-state index in [1.165, 1.54) is 0 Å². The molecule has 1 aromatic carbocycles. The van der Waals surface area contributed by atoms with Crippen LogP contribution in [-0.2, 0) is 22.4 Å². The molecule has 1 aromatic rings. The predicted molar refractivity (Wildman–Crippen MR) is 52.6 cm³/mol. The maximum Gasteiger partial charge on any atom is 0.416 e. The van der Waals surface area contributed by atoms with Crippen LogP contribution in [0.3, 0.4) is 0 Å². The molecule has 0 aromatic heterocycles. The molecular weight excluding hydrogens is 300 g/mol. The molecule has 0 spiro atoms. The van der Waals surface area contributed by atoms with Crippen molar-refractivity contribution >= 4 is 10.0 Å². The van der Waals surface area contributed by atoms with Gasteiger partial charge in [0.15, 0.2) is 0 Å².